The molecule has 0 spiro atoms. The molecule has 1 heterocycles. The summed E-state index contributed by atoms with van der Waals surface area (Å²) in [7, 11) is 0. The second-order valence-electron chi connectivity index (χ2n) is 3.68. The van der Waals surface area contributed by atoms with Gasteiger partial charge in [0.05, 0.1) is 6.61 Å². The molecule has 0 saturated carbocycles. The van der Waals surface area contributed by atoms with Crippen LogP contribution in [0.15, 0.2) is 12.1 Å². The predicted molar refractivity (Wildman–Crippen MR) is 60.7 cm³/mol. The lowest BCUT2D eigenvalue weighted by Gasteiger charge is -2.21. The van der Waals surface area contributed by atoms with E-state index in [9.17, 15) is 15.0 Å². The first-order chi connectivity index (χ1) is 8.65. The van der Waals surface area contributed by atoms with Crippen LogP contribution in [0.3, 0.4) is 0 Å². The van der Waals surface area contributed by atoms with Crippen LogP contribution in [0, 0.1) is 0 Å². The Labute approximate surface area is 104 Å². The Morgan fingerprint density at radius 1 is 1.44 bits per heavy atom. The Morgan fingerprint density at radius 3 is 2.89 bits per heavy atom. The number of aliphatic hydroxyl groups is 1. The Balaban J connectivity index is 2.31. The van der Waals surface area contributed by atoms with Crippen molar-refractivity contribution in [2.24, 2.45) is 0 Å². The maximum Gasteiger partial charge on any atom is 0.339 e. The van der Waals surface area contributed by atoms with E-state index < -0.39 is 12.1 Å². The highest BCUT2D eigenvalue weighted by atomic mass is 16.6. The molecule has 98 valence electrons. The van der Waals surface area contributed by atoms with Gasteiger partial charge in [0.15, 0.2) is 17.6 Å². The van der Waals surface area contributed by atoms with Crippen LogP contribution in [0.25, 0.3) is 0 Å². The number of fused-ring (bicyclic) bond motifs is 1. The summed E-state index contributed by atoms with van der Waals surface area (Å²) in [6, 6.07) is 2.94. The second kappa shape index (κ2) is 5.14. The van der Waals surface area contributed by atoms with E-state index in [0.717, 1.165) is 0 Å². The Kier molecular flexibility index (Phi) is 3.57. The molecule has 0 aromatic heterocycles. The van der Waals surface area contributed by atoms with Gasteiger partial charge in [-0.3, -0.25) is 0 Å². The van der Waals surface area contributed by atoms with Crippen LogP contribution >= 0.6 is 0 Å². The van der Waals surface area contributed by atoms with Gasteiger partial charge in [-0.05, 0) is 19.1 Å². The van der Waals surface area contributed by atoms with Crippen molar-refractivity contribution in [1.29, 1.82) is 0 Å². The largest absolute Gasteiger partial charge is 0.504 e. The first-order valence-corrected chi connectivity index (χ1v) is 5.61. The molecular formula is C12H14O6. The minimum atomic E-state index is -1.54. The minimum absolute atomic E-state index is 0.0395. The van der Waals surface area contributed by atoms with Crippen LogP contribution in [-0.2, 0) is 9.53 Å². The number of rotatable bonds is 3. The van der Waals surface area contributed by atoms with Crippen LogP contribution in [0.5, 0.6) is 17.2 Å². The summed E-state index contributed by atoms with van der Waals surface area (Å²) in [4.78, 5) is 11.4. The predicted octanol–water partition coefficient (Wildman–Crippen LogP) is 0.760. The third kappa shape index (κ3) is 2.19. The maximum atomic E-state index is 11.4. The molecule has 6 heteroatoms. The summed E-state index contributed by atoms with van der Waals surface area (Å²) in [5.74, 6) is -0.585. The molecular weight excluding hydrogens is 240 g/mol. The highest BCUT2D eigenvalue weighted by molar-refractivity contribution is 5.78. The van der Waals surface area contributed by atoms with Crippen LogP contribution < -0.4 is 9.47 Å². The Hall–Kier alpha value is -1.95. The van der Waals surface area contributed by atoms with Gasteiger partial charge >= 0.3 is 5.97 Å². The molecule has 18 heavy (non-hydrogen) atoms. The zero-order chi connectivity index (χ0) is 13.1. The number of carbonyl (C=O) groups is 1. The van der Waals surface area contributed by atoms with Crippen LogP contribution in [0.2, 0.25) is 0 Å². The van der Waals surface area contributed by atoms with Crippen molar-refractivity contribution in [2.45, 2.75) is 13.0 Å². The summed E-state index contributed by atoms with van der Waals surface area (Å²) in [6.07, 6.45) is -1.54. The van der Waals surface area contributed by atoms with Gasteiger partial charge in [-0.25, -0.2) is 4.79 Å². The second-order valence-corrected chi connectivity index (χ2v) is 3.68. The Bertz CT molecular complexity index is 456. The van der Waals surface area contributed by atoms with Gasteiger partial charge in [0.2, 0.25) is 5.75 Å². The first-order valence-electron chi connectivity index (χ1n) is 5.61. The van der Waals surface area contributed by atoms with Crippen LogP contribution in [-0.4, -0.2) is 36.0 Å². The van der Waals surface area contributed by atoms with E-state index in [4.69, 9.17) is 9.47 Å². The van der Waals surface area contributed by atoms with E-state index in [-0.39, 0.29) is 23.7 Å². The average molecular weight is 254 g/mol. The molecule has 0 fully saturated rings. The van der Waals surface area contributed by atoms with E-state index in [0.29, 0.717) is 19.0 Å². The molecule has 2 N–H and O–H groups in total. The highest BCUT2D eigenvalue weighted by Crippen LogP contribution is 2.43. The summed E-state index contributed by atoms with van der Waals surface area (Å²) >= 11 is 0. The molecule has 1 unspecified atom stereocenters. The number of ether oxygens (including phenoxy) is 3. The number of carbonyl (C=O) groups excluding carboxylic acids is 1. The molecule has 0 aliphatic carbocycles. The number of aliphatic hydroxyl groups excluding tert-OH is 1. The van der Waals surface area contributed by atoms with E-state index in [2.05, 4.69) is 4.74 Å². The number of benzene rings is 1. The fourth-order valence-corrected chi connectivity index (χ4v) is 1.69. The van der Waals surface area contributed by atoms with Crippen molar-refractivity contribution < 1.29 is 29.2 Å². The zero-order valence-electron chi connectivity index (χ0n) is 9.88. The number of esters is 1. The van der Waals surface area contributed by atoms with Crippen molar-refractivity contribution >= 4 is 5.97 Å². The fourth-order valence-electron chi connectivity index (χ4n) is 1.69. The smallest absolute Gasteiger partial charge is 0.339 e. The van der Waals surface area contributed by atoms with Crippen LogP contribution in [0.4, 0.5) is 0 Å². The first kappa shape index (κ1) is 12.5. The van der Waals surface area contributed by atoms with E-state index in [1.165, 1.54) is 12.1 Å². The van der Waals surface area contributed by atoms with Gasteiger partial charge < -0.3 is 24.4 Å². The van der Waals surface area contributed by atoms with Gasteiger partial charge in [-0.15, -0.1) is 0 Å². The lowest BCUT2D eigenvalue weighted by Crippen LogP contribution is -2.18. The lowest BCUT2D eigenvalue weighted by atomic mass is 10.1. The topological polar surface area (TPSA) is 85.2 Å². The normalized spacial score (nSPS) is 15.0. The molecule has 0 amide bonds. The summed E-state index contributed by atoms with van der Waals surface area (Å²) in [5.41, 5.74) is 0.0395. The third-order valence-corrected chi connectivity index (χ3v) is 2.52. The van der Waals surface area contributed by atoms with E-state index in [1.54, 1.807) is 6.92 Å². The van der Waals surface area contributed by atoms with Gasteiger partial charge in [-0.1, -0.05) is 0 Å². The van der Waals surface area contributed by atoms with Crippen molar-refractivity contribution in [3.63, 3.8) is 0 Å². The Morgan fingerprint density at radius 2 is 2.17 bits per heavy atom. The molecule has 2 rings (SSSR count). The van der Waals surface area contributed by atoms with Crippen molar-refractivity contribution in [3.8, 4) is 17.2 Å². The molecule has 1 aliphatic heterocycles. The molecule has 0 saturated heterocycles. The summed E-state index contributed by atoms with van der Waals surface area (Å²) < 4.78 is 15.2. The number of phenols is 1. The number of hydrogen-bond donors (Lipinski definition) is 2. The summed E-state index contributed by atoms with van der Waals surface area (Å²) in [5, 5.41) is 19.7. The van der Waals surface area contributed by atoms with Crippen molar-refractivity contribution in [3.05, 3.63) is 17.7 Å². The SMILES string of the molecule is CCOC(=O)C(O)c1ccc2c(c1O)OCCO2. The third-order valence-electron chi connectivity index (χ3n) is 2.52. The monoisotopic (exact) mass is 254 g/mol. The maximum absolute atomic E-state index is 11.4. The number of phenolic OH excluding ortho intramolecular Hbond substituents is 1. The van der Waals surface area contributed by atoms with Gasteiger partial charge in [0.1, 0.15) is 13.2 Å². The average Bonchev–Trinajstić information content (AvgIpc) is 2.39. The minimum Gasteiger partial charge on any atom is -0.504 e. The highest BCUT2D eigenvalue weighted by Gasteiger charge is 2.27. The van der Waals surface area contributed by atoms with Gasteiger partial charge in [0.25, 0.3) is 0 Å². The lowest BCUT2D eigenvalue weighted by molar-refractivity contribution is -0.153. The standard InChI is InChI=1S/C12H14O6/c1-2-16-12(15)10(14)7-3-4-8-11(9(7)13)18-6-5-17-8/h3-4,10,13-14H,2,5-6H2,1H3. The quantitative estimate of drug-likeness (QED) is 0.774. The molecule has 1 atom stereocenters. The number of aromatic hydroxyl groups is 1. The van der Waals surface area contributed by atoms with Gasteiger partial charge in [-0.2, -0.15) is 0 Å². The molecule has 0 bridgehead atoms. The van der Waals surface area contributed by atoms with E-state index in [1.807, 2.05) is 0 Å². The van der Waals surface area contributed by atoms with Gasteiger partial charge in [0, 0.05) is 5.56 Å². The fraction of sp³-hybridized carbons (Fsp3) is 0.417. The zero-order valence-corrected chi connectivity index (χ0v) is 9.88. The van der Waals surface area contributed by atoms with Crippen molar-refractivity contribution in [2.75, 3.05) is 19.8 Å². The van der Waals surface area contributed by atoms with E-state index >= 15 is 0 Å². The molecule has 0 radical (unpaired) electrons. The molecule has 6 nitrogen and oxygen atoms in total. The molecule has 1 aromatic carbocycles. The van der Waals surface area contributed by atoms with Crippen LogP contribution in [0.1, 0.15) is 18.6 Å². The molecule has 1 aliphatic rings. The van der Waals surface area contributed by atoms with Crippen molar-refractivity contribution in [1.82, 2.24) is 0 Å². The summed E-state index contributed by atoms with van der Waals surface area (Å²) in [6.45, 7) is 2.49. The molecule has 1 aromatic rings. The number of hydrogen-bond acceptors (Lipinski definition) is 6.